The minimum Gasteiger partial charge on any atom is -0.508 e. The highest BCUT2D eigenvalue weighted by molar-refractivity contribution is 6.08. The number of hydrogen-bond acceptors (Lipinski definition) is 6. The van der Waals surface area contributed by atoms with Crippen molar-refractivity contribution in [3.63, 3.8) is 0 Å². The second kappa shape index (κ2) is 15.1. The van der Waals surface area contributed by atoms with E-state index in [1.807, 2.05) is 86.6 Å². The van der Waals surface area contributed by atoms with Crippen molar-refractivity contribution in [2.75, 3.05) is 19.6 Å². The number of nitrogens with zero attached hydrogens (tertiary/aromatic N) is 2. The van der Waals surface area contributed by atoms with Gasteiger partial charge in [-0.3, -0.25) is 4.79 Å². The number of phenolic OH excluding ortho intramolecular Hbond substituents is 2. The van der Waals surface area contributed by atoms with Gasteiger partial charge in [-0.2, -0.15) is 0 Å². The highest BCUT2D eigenvalue weighted by atomic mass is 16.3. The molecule has 7 heteroatoms. The average Bonchev–Trinajstić information content (AvgIpc) is 3.30. The number of aliphatic hydroxyl groups excluding tert-OH is 1. The van der Waals surface area contributed by atoms with E-state index < -0.39 is 12.1 Å². The Labute approximate surface area is 283 Å². The first-order chi connectivity index (χ1) is 23.0. The van der Waals surface area contributed by atoms with Crippen LogP contribution >= 0.6 is 0 Å². The SMILES string of the molecule is C=C(N[C@@H](Cc1ccccc1)C(O)CN(CCc1ccc(O)cc1C)C(=C)CCN1C(=C)c2ccccc2C1=O)c1ccc(C)cc1O. The second-order valence-electron chi connectivity index (χ2n) is 12.6. The molecule has 0 aromatic heterocycles. The molecule has 1 aliphatic heterocycles. The molecule has 7 nitrogen and oxygen atoms in total. The van der Waals surface area contributed by atoms with Gasteiger partial charge >= 0.3 is 0 Å². The number of rotatable bonds is 15. The molecule has 48 heavy (non-hydrogen) atoms. The van der Waals surface area contributed by atoms with Crippen molar-refractivity contribution < 1.29 is 20.1 Å². The van der Waals surface area contributed by atoms with Gasteiger partial charge in [0.05, 0.1) is 12.1 Å². The normalized spacial score (nSPS) is 13.6. The van der Waals surface area contributed by atoms with Crippen molar-refractivity contribution in [1.82, 2.24) is 15.1 Å². The first-order valence-corrected chi connectivity index (χ1v) is 16.3. The van der Waals surface area contributed by atoms with Gasteiger partial charge in [0.1, 0.15) is 11.5 Å². The van der Waals surface area contributed by atoms with Crippen LogP contribution in [0.5, 0.6) is 11.5 Å². The number of carbonyl (C=O) groups excluding carboxylic acids is 1. The van der Waals surface area contributed by atoms with Crippen LogP contribution in [0.3, 0.4) is 0 Å². The third-order valence-electron chi connectivity index (χ3n) is 9.10. The summed E-state index contributed by atoms with van der Waals surface area (Å²) in [5.41, 5.74) is 8.11. The maximum atomic E-state index is 13.2. The summed E-state index contributed by atoms with van der Waals surface area (Å²) in [7, 11) is 0. The van der Waals surface area contributed by atoms with Gasteiger partial charge in [-0.15, -0.1) is 0 Å². The van der Waals surface area contributed by atoms with Crippen LogP contribution < -0.4 is 5.32 Å². The van der Waals surface area contributed by atoms with E-state index in [2.05, 4.69) is 30.0 Å². The van der Waals surface area contributed by atoms with Crippen LogP contribution in [0.4, 0.5) is 0 Å². The number of amides is 1. The topological polar surface area (TPSA) is 96.3 Å². The Kier molecular flexibility index (Phi) is 10.7. The van der Waals surface area contributed by atoms with E-state index in [-0.39, 0.29) is 24.0 Å². The van der Waals surface area contributed by atoms with E-state index in [0.717, 1.165) is 33.5 Å². The molecular formula is C41H45N3O4. The molecule has 0 saturated heterocycles. The number of carbonyl (C=O) groups is 1. The van der Waals surface area contributed by atoms with Crippen LogP contribution in [0.1, 0.15) is 50.2 Å². The molecule has 0 saturated carbocycles. The first-order valence-electron chi connectivity index (χ1n) is 16.3. The fourth-order valence-electron chi connectivity index (χ4n) is 6.27. The number of benzene rings is 4. The number of aliphatic hydroxyl groups is 1. The molecule has 0 radical (unpaired) electrons. The molecular weight excluding hydrogens is 598 g/mol. The van der Waals surface area contributed by atoms with Crippen molar-refractivity contribution >= 4 is 17.3 Å². The van der Waals surface area contributed by atoms with Crippen molar-refractivity contribution in [2.24, 2.45) is 0 Å². The number of hydrogen-bond donors (Lipinski definition) is 4. The van der Waals surface area contributed by atoms with E-state index in [9.17, 15) is 20.1 Å². The summed E-state index contributed by atoms with van der Waals surface area (Å²) in [5.74, 6) is 0.277. The molecule has 248 valence electrons. The lowest BCUT2D eigenvalue weighted by Crippen LogP contribution is -2.47. The molecule has 0 aliphatic carbocycles. The highest BCUT2D eigenvalue weighted by Crippen LogP contribution is 2.32. The van der Waals surface area contributed by atoms with Crippen molar-refractivity contribution in [1.29, 1.82) is 0 Å². The summed E-state index contributed by atoms with van der Waals surface area (Å²) in [6, 6.07) is 27.8. The van der Waals surface area contributed by atoms with Crippen LogP contribution in [0.25, 0.3) is 11.4 Å². The van der Waals surface area contributed by atoms with Crippen LogP contribution in [-0.2, 0) is 12.8 Å². The first kappa shape index (κ1) is 34.1. The molecule has 5 rings (SSSR count). The van der Waals surface area contributed by atoms with Crippen LogP contribution in [0.15, 0.2) is 116 Å². The summed E-state index contributed by atoms with van der Waals surface area (Å²) in [5, 5.41) is 35.9. The monoisotopic (exact) mass is 643 g/mol. The number of phenols is 2. The molecule has 2 atom stereocenters. The van der Waals surface area contributed by atoms with E-state index in [1.54, 1.807) is 23.1 Å². The van der Waals surface area contributed by atoms with Gasteiger partial charge in [0, 0.05) is 59.8 Å². The predicted octanol–water partition coefficient (Wildman–Crippen LogP) is 6.82. The van der Waals surface area contributed by atoms with Gasteiger partial charge in [-0.25, -0.2) is 0 Å². The highest BCUT2D eigenvalue weighted by Gasteiger charge is 2.31. The lowest BCUT2D eigenvalue weighted by molar-refractivity contribution is 0.0838. The molecule has 0 fully saturated rings. The molecule has 0 bridgehead atoms. The quantitative estimate of drug-likeness (QED) is 0.114. The molecule has 1 amide bonds. The van der Waals surface area contributed by atoms with E-state index >= 15 is 0 Å². The number of fused-ring (bicyclic) bond motifs is 1. The molecule has 4 N–H and O–H groups in total. The van der Waals surface area contributed by atoms with Gasteiger partial charge < -0.3 is 30.4 Å². The predicted molar refractivity (Wildman–Crippen MR) is 193 cm³/mol. The molecule has 4 aromatic carbocycles. The zero-order valence-electron chi connectivity index (χ0n) is 27.8. The van der Waals surface area contributed by atoms with Gasteiger partial charge in [-0.05, 0) is 79.3 Å². The third-order valence-corrected chi connectivity index (χ3v) is 9.10. The molecule has 0 spiro atoms. The number of nitrogens with one attached hydrogen (secondary N) is 1. The van der Waals surface area contributed by atoms with Gasteiger partial charge in [0.2, 0.25) is 0 Å². The smallest absolute Gasteiger partial charge is 0.258 e. The van der Waals surface area contributed by atoms with Crippen LogP contribution in [0, 0.1) is 13.8 Å². The van der Waals surface area contributed by atoms with Crippen molar-refractivity contribution in [2.45, 2.75) is 45.3 Å². The Morgan fingerprint density at radius 1 is 0.917 bits per heavy atom. The van der Waals surface area contributed by atoms with E-state index in [0.29, 0.717) is 54.9 Å². The van der Waals surface area contributed by atoms with Crippen LogP contribution in [-0.4, -0.2) is 62.8 Å². The van der Waals surface area contributed by atoms with Gasteiger partial charge in [0.25, 0.3) is 5.91 Å². The minimum atomic E-state index is -0.861. The van der Waals surface area contributed by atoms with Crippen molar-refractivity contribution in [3.05, 3.63) is 155 Å². The molecule has 4 aromatic rings. The Hall–Kier alpha value is -5.27. The number of aryl methyl sites for hydroxylation is 2. The zero-order valence-corrected chi connectivity index (χ0v) is 27.8. The lowest BCUT2D eigenvalue weighted by Gasteiger charge is -2.34. The van der Waals surface area contributed by atoms with Crippen LogP contribution in [0.2, 0.25) is 0 Å². The summed E-state index contributed by atoms with van der Waals surface area (Å²) in [4.78, 5) is 17.0. The standard InChI is InChI=1S/C41H45N3O4/c1-27-15-18-35(39(46)23-27)30(4)42-38(25-32-11-7-6-8-12-32)40(47)26-43(21-20-33-16-17-34(45)24-28(33)2)29(3)19-22-44-31(5)36-13-9-10-14-37(36)41(44)48/h6-18,23-24,38,40,42,45-47H,3-5,19-22,25-26H2,1-2H3/t38-,40?/m0/s1. The Balaban J connectivity index is 1.36. The molecule has 1 unspecified atom stereocenters. The summed E-state index contributed by atoms with van der Waals surface area (Å²) in [6.45, 7) is 17.9. The Morgan fingerprint density at radius 2 is 1.62 bits per heavy atom. The zero-order chi connectivity index (χ0) is 34.4. The number of aromatic hydroxyl groups is 2. The Bertz CT molecular complexity index is 1780. The fourth-order valence-corrected chi connectivity index (χ4v) is 6.27. The summed E-state index contributed by atoms with van der Waals surface area (Å²) < 4.78 is 0. The van der Waals surface area contributed by atoms with Gasteiger partial charge in [0.15, 0.2) is 0 Å². The molecule has 1 aliphatic rings. The molecule has 1 heterocycles. The van der Waals surface area contributed by atoms with Crippen molar-refractivity contribution in [3.8, 4) is 11.5 Å². The summed E-state index contributed by atoms with van der Waals surface area (Å²) >= 11 is 0. The lowest BCUT2D eigenvalue weighted by atomic mass is 9.98. The van der Waals surface area contributed by atoms with Gasteiger partial charge in [-0.1, -0.05) is 80.4 Å². The fraction of sp³-hybridized carbons (Fsp3) is 0.244. The summed E-state index contributed by atoms with van der Waals surface area (Å²) in [6.07, 6.45) is 0.811. The third kappa shape index (κ3) is 7.99. The maximum Gasteiger partial charge on any atom is 0.258 e. The second-order valence-corrected chi connectivity index (χ2v) is 12.6. The Morgan fingerprint density at radius 3 is 2.31 bits per heavy atom. The largest absolute Gasteiger partial charge is 0.508 e. The maximum absolute atomic E-state index is 13.2. The van der Waals surface area contributed by atoms with E-state index in [1.165, 1.54) is 0 Å². The van der Waals surface area contributed by atoms with E-state index in [4.69, 9.17) is 0 Å². The average molecular weight is 644 g/mol. The minimum absolute atomic E-state index is 0.0697.